The topological polar surface area (TPSA) is 66.5 Å². The smallest absolute Gasteiger partial charge is 0.252 e. The molecule has 1 aromatic heterocycles. The highest BCUT2D eigenvalue weighted by molar-refractivity contribution is 7.91. The Balaban J connectivity index is 1.68. The molecule has 0 radical (unpaired) electrons. The van der Waals surface area contributed by atoms with E-state index < -0.39 is 10.0 Å². The summed E-state index contributed by atoms with van der Waals surface area (Å²) >= 11 is 1.21. The number of thiophene rings is 1. The van der Waals surface area contributed by atoms with Crippen LogP contribution in [0.2, 0.25) is 0 Å². The van der Waals surface area contributed by atoms with Crippen LogP contribution in [-0.2, 0) is 14.8 Å². The van der Waals surface area contributed by atoms with Crippen LogP contribution >= 0.6 is 11.3 Å². The number of carbonyl (C=O) groups excluding carboxylic acids is 1. The van der Waals surface area contributed by atoms with Gasteiger partial charge in [0.2, 0.25) is 5.91 Å². The van der Waals surface area contributed by atoms with Crippen LogP contribution in [-0.4, -0.2) is 31.7 Å². The summed E-state index contributed by atoms with van der Waals surface area (Å²) in [5.41, 5.74) is 1.07. The highest BCUT2D eigenvalue weighted by Crippen LogP contribution is 2.27. The van der Waals surface area contributed by atoms with Crippen LogP contribution in [0, 0.1) is 5.92 Å². The predicted molar refractivity (Wildman–Crippen MR) is 103 cm³/mol. The molecule has 0 saturated carbocycles. The molecule has 3 rings (SSSR count). The van der Waals surface area contributed by atoms with Crippen molar-refractivity contribution in [3.8, 4) is 0 Å². The van der Waals surface area contributed by atoms with Gasteiger partial charge < -0.3 is 5.32 Å². The molecule has 1 saturated heterocycles. The van der Waals surface area contributed by atoms with Gasteiger partial charge >= 0.3 is 0 Å². The van der Waals surface area contributed by atoms with Gasteiger partial charge in [0.1, 0.15) is 4.21 Å². The second kappa shape index (κ2) is 8.33. The second-order valence-electron chi connectivity index (χ2n) is 6.51. The zero-order valence-corrected chi connectivity index (χ0v) is 16.4. The molecule has 2 heterocycles. The van der Waals surface area contributed by atoms with Crippen LogP contribution in [0.3, 0.4) is 0 Å². The van der Waals surface area contributed by atoms with Crippen molar-refractivity contribution in [2.75, 3.05) is 13.1 Å². The molecule has 1 aliphatic heterocycles. The Bertz CT molecular complexity index is 820. The average molecular weight is 393 g/mol. The van der Waals surface area contributed by atoms with Gasteiger partial charge in [-0.05, 0) is 36.3 Å². The monoisotopic (exact) mass is 392 g/mol. The van der Waals surface area contributed by atoms with E-state index in [4.69, 9.17) is 0 Å². The number of rotatable bonds is 6. The summed E-state index contributed by atoms with van der Waals surface area (Å²) in [6.07, 6.45) is 2.21. The van der Waals surface area contributed by atoms with E-state index in [0.29, 0.717) is 23.6 Å². The van der Waals surface area contributed by atoms with Crippen LogP contribution < -0.4 is 5.32 Å². The van der Waals surface area contributed by atoms with E-state index in [-0.39, 0.29) is 24.4 Å². The maximum absolute atomic E-state index is 12.8. The van der Waals surface area contributed by atoms with Gasteiger partial charge in [-0.2, -0.15) is 4.31 Å². The lowest BCUT2D eigenvalue weighted by atomic mass is 9.97. The fraction of sp³-hybridized carbons (Fsp3) is 0.421. The second-order valence-corrected chi connectivity index (χ2v) is 9.63. The molecular formula is C19H24N2O3S2. The number of nitrogens with one attached hydrogen (secondary N) is 1. The number of hydrogen-bond acceptors (Lipinski definition) is 4. The number of carbonyl (C=O) groups is 1. The summed E-state index contributed by atoms with van der Waals surface area (Å²) in [6.45, 7) is 2.75. The summed E-state index contributed by atoms with van der Waals surface area (Å²) in [5, 5.41) is 4.86. The van der Waals surface area contributed by atoms with Gasteiger partial charge in [0.15, 0.2) is 0 Å². The fourth-order valence-electron chi connectivity index (χ4n) is 3.31. The van der Waals surface area contributed by atoms with Crippen molar-refractivity contribution in [1.82, 2.24) is 9.62 Å². The van der Waals surface area contributed by atoms with Gasteiger partial charge in [0.25, 0.3) is 10.0 Å². The molecule has 0 spiro atoms. The van der Waals surface area contributed by atoms with Gasteiger partial charge in [-0.25, -0.2) is 8.42 Å². The Morgan fingerprint density at radius 2 is 2.04 bits per heavy atom. The Kier molecular flexibility index (Phi) is 6.11. The number of nitrogens with zero attached hydrogens (tertiary/aromatic N) is 1. The molecule has 1 N–H and O–H groups in total. The normalized spacial score (nSPS) is 19.8. The summed E-state index contributed by atoms with van der Waals surface area (Å²) in [4.78, 5) is 12.8. The number of benzene rings is 1. The Morgan fingerprint density at radius 3 is 2.69 bits per heavy atom. The zero-order valence-electron chi connectivity index (χ0n) is 14.8. The van der Waals surface area contributed by atoms with Gasteiger partial charge in [-0.1, -0.05) is 43.3 Å². The minimum Gasteiger partial charge on any atom is -0.349 e. The van der Waals surface area contributed by atoms with Gasteiger partial charge in [-0.3, -0.25) is 4.79 Å². The number of hydrogen-bond donors (Lipinski definition) is 1. The van der Waals surface area contributed by atoms with Crippen LogP contribution in [0.25, 0.3) is 0 Å². The first-order chi connectivity index (χ1) is 12.5. The first-order valence-electron chi connectivity index (χ1n) is 8.91. The quantitative estimate of drug-likeness (QED) is 0.819. The highest BCUT2D eigenvalue weighted by Gasteiger charge is 2.34. The molecule has 1 amide bonds. The van der Waals surface area contributed by atoms with Crippen molar-refractivity contribution < 1.29 is 13.2 Å². The van der Waals surface area contributed by atoms with E-state index in [0.717, 1.165) is 12.0 Å². The van der Waals surface area contributed by atoms with Crippen LogP contribution in [0.1, 0.15) is 37.8 Å². The molecule has 1 aromatic carbocycles. The maximum atomic E-state index is 12.8. The number of amides is 1. The van der Waals surface area contributed by atoms with E-state index in [1.54, 1.807) is 17.5 Å². The fourth-order valence-corrected chi connectivity index (χ4v) is 5.98. The number of sulfonamides is 1. The standard InChI is InChI=1S/C19H24N2O3S2/c1-2-17(15-8-4-3-5-9-15)20-19(22)16-10-6-12-21(14-16)26(23,24)18-11-7-13-25-18/h3-5,7-9,11,13,16-17H,2,6,10,12,14H2,1H3,(H,20,22)/t16-,17+/m1/s1. The largest absolute Gasteiger partial charge is 0.349 e. The molecule has 26 heavy (non-hydrogen) atoms. The lowest BCUT2D eigenvalue weighted by Crippen LogP contribution is -2.45. The molecule has 1 fully saturated rings. The summed E-state index contributed by atoms with van der Waals surface area (Å²) in [7, 11) is -3.50. The molecule has 2 aromatic rings. The van der Waals surface area contributed by atoms with E-state index in [1.165, 1.54) is 15.6 Å². The Morgan fingerprint density at radius 1 is 1.27 bits per heavy atom. The predicted octanol–water partition coefficient (Wildman–Crippen LogP) is 3.42. The molecule has 2 atom stereocenters. The van der Waals surface area contributed by atoms with Crippen LogP contribution in [0.5, 0.6) is 0 Å². The Labute approximate surface area is 159 Å². The molecule has 5 nitrogen and oxygen atoms in total. The van der Waals surface area contributed by atoms with Gasteiger partial charge in [0, 0.05) is 13.1 Å². The van der Waals surface area contributed by atoms with E-state index in [1.807, 2.05) is 37.3 Å². The van der Waals surface area contributed by atoms with Crippen molar-refractivity contribution in [1.29, 1.82) is 0 Å². The van der Waals surface area contributed by atoms with E-state index in [2.05, 4.69) is 5.32 Å². The lowest BCUT2D eigenvalue weighted by Gasteiger charge is -2.31. The minimum atomic E-state index is -3.50. The molecule has 1 aliphatic rings. The summed E-state index contributed by atoms with van der Waals surface area (Å²) in [6, 6.07) is 13.2. The third-order valence-corrected chi connectivity index (χ3v) is 8.01. The van der Waals surface area contributed by atoms with Gasteiger partial charge in [0.05, 0.1) is 12.0 Å². The van der Waals surface area contributed by atoms with Crippen molar-refractivity contribution in [3.05, 3.63) is 53.4 Å². The maximum Gasteiger partial charge on any atom is 0.252 e. The third kappa shape index (κ3) is 4.16. The SMILES string of the molecule is CC[C@H](NC(=O)[C@@H]1CCCN(S(=O)(=O)c2cccs2)C1)c1ccccc1. The first-order valence-corrected chi connectivity index (χ1v) is 11.2. The van der Waals surface area contributed by atoms with Crippen molar-refractivity contribution in [2.24, 2.45) is 5.92 Å². The molecule has 140 valence electrons. The number of piperidine rings is 1. The highest BCUT2D eigenvalue weighted by atomic mass is 32.2. The van der Waals surface area contributed by atoms with Crippen LogP contribution in [0.15, 0.2) is 52.1 Å². The molecular weight excluding hydrogens is 368 g/mol. The van der Waals surface area contributed by atoms with E-state index in [9.17, 15) is 13.2 Å². The molecule has 0 unspecified atom stereocenters. The van der Waals surface area contributed by atoms with Crippen molar-refractivity contribution >= 4 is 27.3 Å². The van der Waals surface area contributed by atoms with Crippen molar-refractivity contribution in [2.45, 2.75) is 36.4 Å². The van der Waals surface area contributed by atoms with Gasteiger partial charge in [-0.15, -0.1) is 11.3 Å². The molecule has 7 heteroatoms. The lowest BCUT2D eigenvalue weighted by molar-refractivity contribution is -0.126. The summed E-state index contributed by atoms with van der Waals surface area (Å²) in [5.74, 6) is -0.372. The van der Waals surface area contributed by atoms with E-state index >= 15 is 0 Å². The average Bonchev–Trinajstić information content (AvgIpc) is 3.22. The molecule has 0 aliphatic carbocycles. The minimum absolute atomic E-state index is 0.0482. The first kappa shape index (κ1) is 19.1. The Hall–Kier alpha value is -1.70. The third-order valence-electron chi connectivity index (χ3n) is 4.77. The zero-order chi connectivity index (χ0) is 18.6. The summed E-state index contributed by atoms with van der Waals surface area (Å²) < 4.78 is 27.2. The van der Waals surface area contributed by atoms with Crippen LogP contribution in [0.4, 0.5) is 0 Å². The van der Waals surface area contributed by atoms with Crippen molar-refractivity contribution in [3.63, 3.8) is 0 Å². The molecule has 0 bridgehead atoms.